The van der Waals surface area contributed by atoms with E-state index in [0.29, 0.717) is 12.5 Å². The molecule has 0 aromatic heterocycles. The van der Waals surface area contributed by atoms with E-state index in [-0.39, 0.29) is 29.8 Å². The van der Waals surface area contributed by atoms with Gasteiger partial charge in [-0.05, 0) is 30.7 Å². The zero-order chi connectivity index (χ0) is 15.3. The second kappa shape index (κ2) is 7.07. The smallest absolute Gasteiger partial charge is 0.240 e. The number of nitrogens with zero attached hydrogens (tertiary/aromatic N) is 1. The summed E-state index contributed by atoms with van der Waals surface area (Å²) in [6.07, 6.45) is 2.12. The standard InChI is InChI=1S/C15H29N3O2/c1-11(2)9-17-12(19)10-18(5)14(20)13-15(3,4)7-6-8-16-13/h11,13,16H,6-10H2,1-5H3,(H,17,19). The van der Waals surface area contributed by atoms with Gasteiger partial charge in [-0.3, -0.25) is 9.59 Å². The van der Waals surface area contributed by atoms with Crippen molar-refractivity contribution in [3.05, 3.63) is 0 Å². The Morgan fingerprint density at radius 2 is 2.05 bits per heavy atom. The van der Waals surface area contributed by atoms with Crippen molar-refractivity contribution in [2.24, 2.45) is 11.3 Å². The van der Waals surface area contributed by atoms with Crippen LogP contribution in [0.4, 0.5) is 0 Å². The number of amides is 2. The highest BCUT2D eigenvalue weighted by Crippen LogP contribution is 2.30. The van der Waals surface area contributed by atoms with Gasteiger partial charge in [0, 0.05) is 13.6 Å². The summed E-state index contributed by atoms with van der Waals surface area (Å²) in [7, 11) is 1.70. The summed E-state index contributed by atoms with van der Waals surface area (Å²) >= 11 is 0. The fourth-order valence-corrected chi connectivity index (χ4v) is 2.52. The van der Waals surface area contributed by atoms with Crippen LogP contribution in [0.1, 0.15) is 40.5 Å². The van der Waals surface area contributed by atoms with E-state index in [9.17, 15) is 9.59 Å². The first kappa shape index (κ1) is 17.0. The first-order chi connectivity index (χ1) is 9.24. The number of carbonyl (C=O) groups is 2. The van der Waals surface area contributed by atoms with Gasteiger partial charge in [-0.25, -0.2) is 0 Å². The van der Waals surface area contributed by atoms with Crippen LogP contribution in [0.3, 0.4) is 0 Å². The van der Waals surface area contributed by atoms with Crippen molar-refractivity contribution in [2.75, 3.05) is 26.7 Å². The fraction of sp³-hybridized carbons (Fsp3) is 0.867. The minimum absolute atomic E-state index is 0.00870. The van der Waals surface area contributed by atoms with Gasteiger partial charge in [0.1, 0.15) is 0 Å². The number of piperidine rings is 1. The van der Waals surface area contributed by atoms with E-state index in [1.807, 2.05) is 13.8 Å². The van der Waals surface area contributed by atoms with Gasteiger partial charge in [-0.1, -0.05) is 27.7 Å². The molecule has 1 aliphatic rings. The molecule has 1 heterocycles. The molecule has 1 saturated heterocycles. The maximum Gasteiger partial charge on any atom is 0.240 e. The van der Waals surface area contributed by atoms with Crippen LogP contribution in [0.25, 0.3) is 0 Å². The molecule has 116 valence electrons. The third-order valence-corrected chi connectivity index (χ3v) is 3.84. The molecule has 1 atom stereocenters. The summed E-state index contributed by atoms with van der Waals surface area (Å²) in [6, 6.07) is -0.195. The van der Waals surface area contributed by atoms with Crippen LogP contribution in [0.15, 0.2) is 0 Å². The van der Waals surface area contributed by atoms with Crippen molar-refractivity contribution in [2.45, 2.75) is 46.6 Å². The van der Waals surface area contributed by atoms with Gasteiger partial charge in [0.25, 0.3) is 0 Å². The Labute approximate surface area is 122 Å². The second-order valence-corrected chi connectivity index (χ2v) is 6.87. The third kappa shape index (κ3) is 4.78. The minimum Gasteiger partial charge on any atom is -0.354 e. The van der Waals surface area contributed by atoms with Gasteiger partial charge in [0.05, 0.1) is 12.6 Å². The van der Waals surface area contributed by atoms with Gasteiger partial charge in [-0.15, -0.1) is 0 Å². The molecule has 20 heavy (non-hydrogen) atoms. The van der Waals surface area contributed by atoms with Gasteiger partial charge >= 0.3 is 0 Å². The predicted octanol–water partition coefficient (Wildman–Crippen LogP) is 0.995. The number of rotatable bonds is 5. The highest BCUT2D eigenvalue weighted by molar-refractivity contribution is 5.87. The summed E-state index contributed by atoms with van der Waals surface area (Å²) in [5.74, 6) is 0.330. The summed E-state index contributed by atoms with van der Waals surface area (Å²) in [6.45, 7) is 9.94. The Kier molecular flexibility index (Phi) is 5.99. The van der Waals surface area contributed by atoms with Crippen molar-refractivity contribution in [1.82, 2.24) is 15.5 Å². The van der Waals surface area contributed by atoms with E-state index < -0.39 is 0 Å². The molecule has 0 aromatic carbocycles. The number of carbonyl (C=O) groups excluding carboxylic acids is 2. The summed E-state index contributed by atoms with van der Waals surface area (Å²) < 4.78 is 0. The van der Waals surface area contributed by atoms with Gasteiger partial charge in [-0.2, -0.15) is 0 Å². The van der Waals surface area contributed by atoms with Crippen molar-refractivity contribution < 1.29 is 9.59 Å². The summed E-state index contributed by atoms with van der Waals surface area (Å²) in [4.78, 5) is 25.8. The van der Waals surface area contributed by atoms with E-state index in [4.69, 9.17) is 0 Å². The minimum atomic E-state index is -0.195. The molecular weight excluding hydrogens is 254 g/mol. The van der Waals surface area contributed by atoms with E-state index in [1.165, 1.54) is 4.90 Å². The normalized spacial score (nSPS) is 21.6. The van der Waals surface area contributed by atoms with Crippen LogP contribution in [0, 0.1) is 11.3 Å². The maximum absolute atomic E-state index is 12.5. The molecule has 0 saturated carbocycles. The Bertz CT molecular complexity index is 353. The van der Waals surface area contributed by atoms with E-state index in [2.05, 4.69) is 24.5 Å². The van der Waals surface area contributed by atoms with Crippen LogP contribution >= 0.6 is 0 Å². The van der Waals surface area contributed by atoms with Crippen LogP contribution in [0.5, 0.6) is 0 Å². The predicted molar refractivity (Wildman–Crippen MR) is 80.3 cm³/mol. The molecule has 0 aromatic rings. The highest BCUT2D eigenvalue weighted by atomic mass is 16.2. The quantitative estimate of drug-likeness (QED) is 0.791. The molecular formula is C15H29N3O2. The number of hydrogen-bond acceptors (Lipinski definition) is 3. The topological polar surface area (TPSA) is 61.4 Å². The van der Waals surface area contributed by atoms with Crippen molar-refractivity contribution in [3.63, 3.8) is 0 Å². The molecule has 1 unspecified atom stereocenters. The average Bonchev–Trinajstić information content (AvgIpc) is 2.35. The molecule has 1 fully saturated rings. The summed E-state index contributed by atoms with van der Waals surface area (Å²) in [5.41, 5.74) is -0.0575. The van der Waals surface area contributed by atoms with Gasteiger partial charge < -0.3 is 15.5 Å². The summed E-state index contributed by atoms with van der Waals surface area (Å²) in [5, 5.41) is 6.13. The lowest BCUT2D eigenvalue weighted by molar-refractivity contribution is -0.139. The molecule has 0 bridgehead atoms. The third-order valence-electron chi connectivity index (χ3n) is 3.84. The Morgan fingerprint density at radius 3 is 2.60 bits per heavy atom. The molecule has 2 N–H and O–H groups in total. The molecule has 5 heteroatoms. The highest BCUT2D eigenvalue weighted by Gasteiger charge is 2.38. The van der Waals surface area contributed by atoms with Crippen LogP contribution in [-0.2, 0) is 9.59 Å². The Balaban J connectivity index is 2.51. The number of hydrogen-bond donors (Lipinski definition) is 2. The number of nitrogens with one attached hydrogen (secondary N) is 2. The van der Waals surface area contributed by atoms with Crippen LogP contribution < -0.4 is 10.6 Å². The molecule has 0 aliphatic carbocycles. The van der Waals surface area contributed by atoms with E-state index in [1.54, 1.807) is 7.05 Å². The zero-order valence-electron chi connectivity index (χ0n) is 13.5. The molecule has 1 aliphatic heterocycles. The molecule has 5 nitrogen and oxygen atoms in total. The average molecular weight is 283 g/mol. The van der Waals surface area contributed by atoms with Crippen LogP contribution in [0.2, 0.25) is 0 Å². The van der Waals surface area contributed by atoms with Crippen LogP contribution in [-0.4, -0.2) is 49.4 Å². The largest absolute Gasteiger partial charge is 0.354 e. The monoisotopic (exact) mass is 283 g/mol. The number of likely N-dealkylation sites (N-methyl/N-ethyl adjacent to an activating group) is 1. The first-order valence-electron chi connectivity index (χ1n) is 7.49. The lowest BCUT2D eigenvalue weighted by Crippen LogP contribution is -2.56. The SMILES string of the molecule is CC(C)CNC(=O)CN(C)C(=O)C1NCCCC1(C)C. The van der Waals surface area contributed by atoms with Gasteiger partial charge in [0.15, 0.2) is 0 Å². The van der Waals surface area contributed by atoms with Crippen molar-refractivity contribution in [3.8, 4) is 0 Å². The van der Waals surface area contributed by atoms with E-state index in [0.717, 1.165) is 19.4 Å². The Morgan fingerprint density at radius 1 is 1.40 bits per heavy atom. The Hall–Kier alpha value is -1.10. The lowest BCUT2D eigenvalue weighted by Gasteiger charge is -2.39. The molecule has 1 rings (SSSR count). The van der Waals surface area contributed by atoms with E-state index >= 15 is 0 Å². The maximum atomic E-state index is 12.5. The molecule has 2 amide bonds. The zero-order valence-corrected chi connectivity index (χ0v) is 13.5. The lowest BCUT2D eigenvalue weighted by atomic mass is 9.77. The molecule has 0 spiro atoms. The molecule has 0 radical (unpaired) electrons. The van der Waals surface area contributed by atoms with Crippen molar-refractivity contribution in [1.29, 1.82) is 0 Å². The van der Waals surface area contributed by atoms with Gasteiger partial charge in [0.2, 0.25) is 11.8 Å². The second-order valence-electron chi connectivity index (χ2n) is 6.87. The van der Waals surface area contributed by atoms with Crippen molar-refractivity contribution >= 4 is 11.8 Å². The fourth-order valence-electron chi connectivity index (χ4n) is 2.52. The first-order valence-corrected chi connectivity index (χ1v) is 7.49.